The van der Waals surface area contributed by atoms with E-state index in [0.717, 1.165) is 0 Å². The SMILES string of the molecule is C=CCNC(=O)N1CCOC(CN(CC(C)C)C(=O)c2ccc(OC)c(OC)c2)C1. The molecule has 0 radical (unpaired) electrons. The number of nitrogens with zero attached hydrogens (tertiary/aromatic N) is 2. The standard InChI is InChI=1S/C22H33N3O5/c1-6-9-23-22(27)24-10-11-30-18(14-24)15-25(13-16(2)3)21(26)17-7-8-19(28-4)20(12-17)29-5/h6-8,12,16,18H,1,9-11,13-15H2,2-5H3,(H,23,27). The predicted molar refractivity (Wildman–Crippen MR) is 115 cm³/mol. The smallest absolute Gasteiger partial charge is 0.317 e. The van der Waals surface area contributed by atoms with Crippen molar-refractivity contribution >= 4 is 11.9 Å². The van der Waals surface area contributed by atoms with Crippen LogP contribution in [0.15, 0.2) is 30.9 Å². The Balaban J connectivity index is 2.12. The fraction of sp³-hybridized carbons (Fsp3) is 0.545. The maximum atomic E-state index is 13.2. The lowest BCUT2D eigenvalue weighted by Gasteiger charge is -2.36. The first-order valence-electron chi connectivity index (χ1n) is 10.2. The Morgan fingerprint density at radius 3 is 2.70 bits per heavy atom. The van der Waals surface area contributed by atoms with Gasteiger partial charge in [0.05, 0.1) is 33.5 Å². The van der Waals surface area contributed by atoms with Crippen LogP contribution in [-0.4, -0.2) is 81.4 Å². The molecular weight excluding hydrogens is 386 g/mol. The highest BCUT2D eigenvalue weighted by Gasteiger charge is 2.28. The zero-order chi connectivity index (χ0) is 22.1. The van der Waals surface area contributed by atoms with Crippen LogP contribution in [0.4, 0.5) is 4.79 Å². The van der Waals surface area contributed by atoms with Crippen molar-refractivity contribution in [2.24, 2.45) is 5.92 Å². The zero-order valence-corrected chi connectivity index (χ0v) is 18.3. The average molecular weight is 420 g/mol. The van der Waals surface area contributed by atoms with Gasteiger partial charge in [0.25, 0.3) is 5.91 Å². The van der Waals surface area contributed by atoms with Gasteiger partial charge in [-0.2, -0.15) is 0 Å². The lowest BCUT2D eigenvalue weighted by Crippen LogP contribution is -2.53. The van der Waals surface area contributed by atoms with E-state index < -0.39 is 0 Å². The van der Waals surface area contributed by atoms with E-state index in [2.05, 4.69) is 25.7 Å². The van der Waals surface area contributed by atoms with Gasteiger partial charge in [0.1, 0.15) is 0 Å². The molecule has 1 aliphatic rings. The summed E-state index contributed by atoms with van der Waals surface area (Å²) in [7, 11) is 3.10. The molecule has 3 amide bonds. The summed E-state index contributed by atoms with van der Waals surface area (Å²) >= 11 is 0. The third-order valence-corrected chi connectivity index (χ3v) is 4.75. The fourth-order valence-corrected chi connectivity index (χ4v) is 3.36. The molecule has 1 N–H and O–H groups in total. The molecule has 0 spiro atoms. The van der Waals surface area contributed by atoms with E-state index in [0.29, 0.717) is 56.4 Å². The number of rotatable bonds is 9. The summed E-state index contributed by atoms with van der Waals surface area (Å²) in [4.78, 5) is 29.0. The molecule has 8 heteroatoms. The summed E-state index contributed by atoms with van der Waals surface area (Å²) in [6, 6.07) is 4.99. The van der Waals surface area contributed by atoms with Crippen LogP contribution in [0, 0.1) is 5.92 Å². The van der Waals surface area contributed by atoms with Gasteiger partial charge in [-0.3, -0.25) is 4.79 Å². The van der Waals surface area contributed by atoms with Crippen LogP contribution in [0.25, 0.3) is 0 Å². The van der Waals surface area contributed by atoms with Crippen molar-refractivity contribution < 1.29 is 23.8 Å². The van der Waals surface area contributed by atoms with Crippen LogP contribution >= 0.6 is 0 Å². The molecule has 1 unspecified atom stereocenters. The molecule has 1 atom stereocenters. The molecule has 0 bridgehead atoms. The third kappa shape index (κ3) is 6.38. The molecule has 30 heavy (non-hydrogen) atoms. The number of carbonyl (C=O) groups excluding carboxylic acids is 2. The van der Waals surface area contributed by atoms with Crippen LogP contribution in [0.2, 0.25) is 0 Å². The molecule has 1 fully saturated rings. The Morgan fingerprint density at radius 2 is 2.07 bits per heavy atom. The van der Waals surface area contributed by atoms with Gasteiger partial charge in [-0.25, -0.2) is 4.79 Å². The molecule has 8 nitrogen and oxygen atoms in total. The Labute approximate surface area is 178 Å². The quantitative estimate of drug-likeness (QED) is 0.622. The monoisotopic (exact) mass is 419 g/mol. The molecule has 1 aromatic carbocycles. The van der Waals surface area contributed by atoms with Crippen molar-refractivity contribution in [3.8, 4) is 11.5 Å². The summed E-state index contributed by atoms with van der Waals surface area (Å²) in [5, 5.41) is 2.79. The normalized spacial score (nSPS) is 16.2. The number of urea groups is 1. The Morgan fingerprint density at radius 1 is 1.33 bits per heavy atom. The summed E-state index contributed by atoms with van der Waals surface area (Å²) < 4.78 is 16.5. The van der Waals surface area contributed by atoms with Crippen LogP contribution in [0.1, 0.15) is 24.2 Å². The number of ether oxygens (including phenoxy) is 3. The average Bonchev–Trinajstić information content (AvgIpc) is 2.75. The lowest BCUT2D eigenvalue weighted by atomic mass is 10.1. The molecule has 0 aromatic heterocycles. The van der Waals surface area contributed by atoms with Crippen molar-refractivity contribution in [1.82, 2.24) is 15.1 Å². The highest BCUT2D eigenvalue weighted by Crippen LogP contribution is 2.28. The number of hydrogen-bond acceptors (Lipinski definition) is 5. The maximum Gasteiger partial charge on any atom is 0.317 e. The van der Waals surface area contributed by atoms with E-state index in [9.17, 15) is 9.59 Å². The first-order valence-corrected chi connectivity index (χ1v) is 10.2. The molecule has 1 aliphatic heterocycles. The Bertz CT molecular complexity index is 737. The Kier molecular flexibility index (Phi) is 8.98. The molecule has 1 saturated heterocycles. The second kappa shape index (κ2) is 11.4. The largest absolute Gasteiger partial charge is 0.493 e. The number of morpholine rings is 1. The second-order valence-corrected chi connectivity index (χ2v) is 7.59. The van der Waals surface area contributed by atoms with Gasteiger partial charge >= 0.3 is 6.03 Å². The molecule has 1 heterocycles. The summed E-state index contributed by atoms with van der Waals surface area (Å²) in [6.45, 7) is 10.5. The first kappa shape index (κ1) is 23.5. The van der Waals surface area contributed by atoms with E-state index in [1.807, 2.05) is 0 Å². The van der Waals surface area contributed by atoms with Crippen molar-refractivity contribution in [2.45, 2.75) is 20.0 Å². The van der Waals surface area contributed by atoms with E-state index in [1.165, 1.54) is 0 Å². The maximum absolute atomic E-state index is 13.2. The Hall–Kier alpha value is -2.74. The van der Waals surface area contributed by atoms with Crippen LogP contribution in [0.5, 0.6) is 11.5 Å². The van der Waals surface area contributed by atoms with Gasteiger partial charge in [0.2, 0.25) is 0 Å². The molecule has 2 rings (SSSR count). The summed E-state index contributed by atoms with van der Waals surface area (Å²) in [5.41, 5.74) is 0.518. The van der Waals surface area contributed by atoms with E-state index in [4.69, 9.17) is 14.2 Å². The minimum atomic E-state index is -0.254. The first-order chi connectivity index (χ1) is 14.4. The minimum Gasteiger partial charge on any atom is -0.493 e. The molecule has 1 aromatic rings. The van der Waals surface area contributed by atoms with Crippen molar-refractivity contribution in [3.05, 3.63) is 36.4 Å². The topological polar surface area (TPSA) is 80.3 Å². The van der Waals surface area contributed by atoms with E-state index in [-0.39, 0.29) is 24.0 Å². The van der Waals surface area contributed by atoms with Gasteiger partial charge in [-0.15, -0.1) is 6.58 Å². The predicted octanol–water partition coefficient (Wildman–Crippen LogP) is 2.40. The molecule has 0 saturated carbocycles. The second-order valence-electron chi connectivity index (χ2n) is 7.59. The van der Waals surface area contributed by atoms with Crippen molar-refractivity contribution in [1.29, 1.82) is 0 Å². The highest BCUT2D eigenvalue weighted by molar-refractivity contribution is 5.95. The van der Waals surface area contributed by atoms with Crippen molar-refractivity contribution in [2.75, 3.05) is 53.6 Å². The van der Waals surface area contributed by atoms with Gasteiger partial charge < -0.3 is 29.3 Å². The molecule has 166 valence electrons. The highest BCUT2D eigenvalue weighted by atomic mass is 16.5. The van der Waals surface area contributed by atoms with Gasteiger partial charge in [-0.05, 0) is 24.1 Å². The van der Waals surface area contributed by atoms with E-state index in [1.54, 1.807) is 48.3 Å². The van der Waals surface area contributed by atoms with Crippen LogP contribution in [0.3, 0.4) is 0 Å². The number of methoxy groups -OCH3 is 2. The number of amides is 3. The van der Waals surface area contributed by atoms with Crippen LogP contribution < -0.4 is 14.8 Å². The van der Waals surface area contributed by atoms with Gasteiger partial charge in [-0.1, -0.05) is 19.9 Å². The molecule has 0 aliphatic carbocycles. The molecular formula is C22H33N3O5. The number of nitrogens with one attached hydrogen (secondary N) is 1. The zero-order valence-electron chi connectivity index (χ0n) is 18.3. The number of hydrogen-bond donors (Lipinski definition) is 1. The van der Waals surface area contributed by atoms with Crippen molar-refractivity contribution in [3.63, 3.8) is 0 Å². The van der Waals surface area contributed by atoms with Crippen LogP contribution in [-0.2, 0) is 4.74 Å². The van der Waals surface area contributed by atoms with Gasteiger partial charge in [0.15, 0.2) is 11.5 Å². The minimum absolute atomic E-state index is 0.110. The summed E-state index contributed by atoms with van der Waals surface area (Å²) in [5.74, 6) is 1.25. The fourth-order valence-electron chi connectivity index (χ4n) is 3.36. The third-order valence-electron chi connectivity index (χ3n) is 4.75. The summed E-state index contributed by atoms with van der Waals surface area (Å²) in [6.07, 6.45) is 1.39. The van der Waals surface area contributed by atoms with E-state index >= 15 is 0 Å². The number of benzene rings is 1. The number of carbonyl (C=O) groups is 2. The van der Waals surface area contributed by atoms with Gasteiger partial charge in [0, 0.05) is 31.7 Å². The lowest BCUT2D eigenvalue weighted by molar-refractivity contribution is -0.0286.